The highest BCUT2D eigenvalue weighted by Gasteiger charge is 2.38. The zero-order valence-corrected chi connectivity index (χ0v) is 15.8. The van der Waals surface area contributed by atoms with Gasteiger partial charge in [-0.05, 0) is 47.9 Å². The van der Waals surface area contributed by atoms with E-state index in [-0.39, 0.29) is 23.8 Å². The van der Waals surface area contributed by atoms with E-state index < -0.39 is 0 Å². The predicted octanol–water partition coefficient (Wildman–Crippen LogP) is 3.71. The van der Waals surface area contributed by atoms with Crippen LogP contribution >= 0.6 is 0 Å². The Kier molecular flexibility index (Phi) is 4.97. The highest BCUT2D eigenvalue weighted by atomic mass is 16.2. The molecule has 0 radical (unpaired) electrons. The van der Waals surface area contributed by atoms with Crippen molar-refractivity contribution in [1.82, 2.24) is 10.2 Å². The Morgan fingerprint density at radius 1 is 1.00 bits per heavy atom. The molecule has 1 aliphatic carbocycles. The molecule has 1 atom stereocenters. The second-order valence-corrected chi connectivity index (χ2v) is 7.56. The van der Waals surface area contributed by atoms with Crippen LogP contribution in [0.2, 0.25) is 0 Å². The molecule has 2 aliphatic rings. The molecule has 1 fully saturated rings. The van der Waals surface area contributed by atoms with E-state index in [1.807, 2.05) is 24.3 Å². The van der Waals surface area contributed by atoms with Gasteiger partial charge in [-0.1, -0.05) is 48.5 Å². The molecule has 0 spiro atoms. The maximum atomic E-state index is 13.7. The van der Waals surface area contributed by atoms with Gasteiger partial charge in [-0.3, -0.25) is 9.59 Å². The van der Waals surface area contributed by atoms with E-state index in [1.54, 1.807) is 0 Å². The van der Waals surface area contributed by atoms with Crippen LogP contribution < -0.4 is 5.32 Å². The van der Waals surface area contributed by atoms with Crippen LogP contribution in [0.15, 0.2) is 48.5 Å². The van der Waals surface area contributed by atoms with Crippen LogP contribution in [0.25, 0.3) is 11.1 Å². The van der Waals surface area contributed by atoms with E-state index in [0.717, 1.165) is 43.4 Å². The summed E-state index contributed by atoms with van der Waals surface area (Å²) in [4.78, 5) is 26.9. The summed E-state index contributed by atoms with van der Waals surface area (Å²) in [5.41, 5.74) is 4.60. The van der Waals surface area contributed by atoms with Crippen molar-refractivity contribution in [3.63, 3.8) is 0 Å². The number of rotatable bonds is 4. The molecule has 2 aromatic rings. The van der Waals surface area contributed by atoms with Crippen LogP contribution in [0.4, 0.5) is 0 Å². The maximum Gasteiger partial charge on any atom is 0.234 e. The van der Waals surface area contributed by atoms with E-state index >= 15 is 0 Å². The monoisotopic (exact) mass is 362 g/mol. The summed E-state index contributed by atoms with van der Waals surface area (Å²) in [6.45, 7) is 2.97. The van der Waals surface area contributed by atoms with Gasteiger partial charge in [-0.25, -0.2) is 0 Å². The zero-order chi connectivity index (χ0) is 18.8. The van der Waals surface area contributed by atoms with Gasteiger partial charge in [0.1, 0.15) is 0 Å². The van der Waals surface area contributed by atoms with Crippen molar-refractivity contribution in [3.8, 4) is 11.1 Å². The molecular weight excluding hydrogens is 336 g/mol. The van der Waals surface area contributed by atoms with Gasteiger partial charge in [0.05, 0.1) is 5.92 Å². The third-order valence-electron chi connectivity index (χ3n) is 5.84. The van der Waals surface area contributed by atoms with E-state index in [1.165, 1.54) is 18.1 Å². The lowest BCUT2D eigenvalue weighted by Crippen LogP contribution is -2.47. The van der Waals surface area contributed by atoms with Crippen LogP contribution in [-0.2, 0) is 9.59 Å². The lowest BCUT2D eigenvalue weighted by atomic mass is 9.91. The van der Waals surface area contributed by atoms with E-state index in [4.69, 9.17) is 0 Å². The van der Waals surface area contributed by atoms with Crippen molar-refractivity contribution >= 4 is 11.8 Å². The first-order chi connectivity index (χ1) is 13.2. The fourth-order valence-corrected chi connectivity index (χ4v) is 4.59. The first kappa shape index (κ1) is 17.8. The molecule has 0 bridgehead atoms. The number of piperidine rings is 1. The van der Waals surface area contributed by atoms with Crippen LogP contribution in [0, 0.1) is 0 Å². The number of benzene rings is 2. The van der Waals surface area contributed by atoms with Gasteiger partial charge in [-0.2, -0.15) is 0 Å². The first-order valence-electron chi connectivity index (χ1n) is 9.90. The van der Waals surface area contributed by atoms with Crippen molar-refractivity contribution in [2.75, 3.05) is 13.1 Å². The smallest absolute Gasteiger partial charge is 0.234 e. The van der Waals surface area contributed by atoms with Gasteiger partial charge in [0.25, 0.3) is 0 Å². The summed E-state index contributed by atoms with van der Waals surface area (Å²) in [6, 6.07) is 16.8. The van der Waals surface area contributed by atoms with Crippen LogP contribution in [0.1, 0.15) is 49.7 Å². The number of hydrogen-bond acceptors (Lipinski definition) is 2. The molecule has 140 valence electrons. The van der Waals surface area contributed by atoms with Gasteiger partial charge in [0.15, 0.2) is 0 Å². The van der Waals surface area contributed by atoms with Gasteiger partial charge in [0.2, 0.25) is 11.8 Å². The number of fused-ring (bicyclic) bond motifs is 3. The second-order valence-electron chi connectivity index (χ2n) is 7.56. The van der Waals surface area contributed by atoms with Crippen LogP contribution in [-0.4, -0.2) is 35.8 Å². The van der Waals surface area contributed by atoms with Crippen molar-refractivity contribution in [3.05, 3.63) is 59.7 Å². The molecule has 1 saturated heterocycles. The second kappa shape index (κ2) is 7.55. The lowest BCUT2D eigenvalue weighted by molar-refractivity contribution is -0.135. The fourth-order valence-electron chi connectivity index (χ4n) is 4.59. The van der Waals surface area contributed by atoms with Gasteiger partial charge < -0.3 is 10.2 Å². The Balaban J connectivity index is 1.62. The number of likely N-dealkylation sites (tertiary alicyclic amines) is 1. The number of carbonyl (C=O) groups excluding carboxylic acids is 2. The SMILES string of the molecule is CC(=O)NCC[C@@H]1CCCCN1C(=O)C1c2ccccc2-c2ccccc21. The van der Waals surface area contributed by atoms with Gasteiger partial charge in [-0.15, -0.1) is 0 Å². The van der Waals surface area contributed by atoms with Crippen molar-refractivity contribution in [2.24, 2.45) is 0 Å². The first-order valence-corrected chi connectivity index (χ1v) is 9.90. The molecule has 2 amide bonds. The van der Waals surface area contributed by atoms with Gasteiger partial charge in [0, 0.05) is 26.1 Å². The van der Waals surface area contributed by atoms with Crippen molar-refractivity contribution < 1.29 is 9.59 Å². The Morgan fingerprint density at radius 3 is 2.26 bits per heavy atom. The molecule has 1 aliphatic heterocycles. The summed E-state index contributed by atoms with van der Waals surface area (Å²) < 4.78 is 0. The van der Waals surface area contributed by atoms with Gasteiger partial charge >= 0.3 is 0 Å². The van der Waals surface area contributed by atoms with E-state index in [2.05, 4.69) is 34.5 Å². The minimum Gasteiger partial charge on any atom is -0.356 e. The normalized spacial score (nSPS) is 18.7. The fraction of sp³-hybridized carbons (Fsp3) is 0.391. The molecule has 0 saturated carbocycles. The summed E-state index contributed by atoms with van der Waals surface area (Å²) >= 11 is 0. The Bertz CT molecular complexity index is 815. The number of amides is 2. The maximum absolute atomic E-state index is 13.7. The average molecular weight is 362 g/mol. The Morgan fingerprint density at radius 2 is 1.63 bits per heavy atom. The van der Waals surface area contributed by atoms with Crippen molar-refractivity contribution in [2.45, 2.75) is 44.6 Å². The standard InChI is InChI=1S/C23H26N2O2/c1-16(26)24-14-13-17-8-6-7-15-25(17)23(27)22-20-11-4-2-9-18(20)19-10-3-5-12-21(19)22/h2-5,9-12,17,22H,6-8,13-15H2,1H3,(H,24,26)/t17-/m0/s1. The number of carbonyl (C=O) groups is 2. The minimum absolute atomic E-state index is 0.0117. The molecule has 4 heteroatoms. The molecule has 0 aromatic heterocycles. The number of nitrogens with zero attached hydrogens (tertiary/aromatic N) is 1. The molecule has 1 heterocycles. The molecule has 27 heavy (non-hydrogen) atoms. The van der Waals surface area contributed by atoms with Crippen molar-refractivity contribution in [1.29, 1.82) is 0 Å². The molecule has 1 N–H and O–H groups in total. The predicted molar refractivity (Wildman–Crippen MR) is 106 cm³/mol. The molecule has 4 rings (SSSR count). The Labute approximate surface area is 160 Å². The summed E-state index contributed by atoms with van der Waals surface area (Å²) in [5, 5.41) is 2.88. The third kappa shape index (κ3) is 3.36. The summed E-state index contributed by atoms with van der Waals surface area (Å²) in [7, 11) is 0. The highest BCUT2D eigenvalue weighted by Crippen LogP contribution is 2.45. The largest absolute Gasteiger partial charge is 0.356 e. The molecule has 4 nitrogen and oxygen atoms in total. The lowest BCUT2D eigenvalue weighted by Gasteiger charge is -2.37. The summed E-state index contributed by atoms with van der Waals surface area (Å²) in [6.07, 6.45) is 4.04. The zero-order valence-electron chi connectivity index (χ0n) is 15.8. The van der Waals surface area contributed by atoms with Crippen LogP contribution in [0.5, 0.6) is 0 Å². The number of hydrogen-bond donors (Lipinski definition) is 1. The third-order valence-corrected chi connectivity index (χ3v) is 5.84. The molecular formula is C23H26N2O2. The minimum atomic E-state index is -0.209. The highest BCUT2D eigenvalue weighted by molar-refractivity contribution is 5.96. The summed E-state index contributed by atoms with van der Waals surface area (Å²) in [5.74, 6) is -0.0129. The number of nitrogens with one attached hydrogen (secondary N) is 1. The van der Waals surface area contributed by atoms with E-state index in [0.29, 0.717) is 6.54 Å². The molecule has 0 unspecified atom stereocenters. The average Bonchev–Trinajstić information content (AvgIpc) is 3.02. The molecule has 2 aromatic carbocycles. The van der Waals surface area contributed by atoms with Crippen LogP contribution in [0.3, 0.4) is 0 Å². The van der Waals surface area contributed by atoms with E-state index in [9.17, 15) is 9.59 Å². The quantitative estimate of drug-likeness (QED) is 0.901. The topological polar surface area (TPSA) is 49.4 Å². The Hall–Kier alpha value is -2.62.